The summed E-state index contributed by atoms with van der Waals surface area (Å²) in [5.74, 6) is 2.00. The van der Waals surface area contributed by atoms with E-state index in [0.717, 1.165) is 63.4 Å². The molecule has 0 unspecified atom stereocenters. The van der Waals surface area contributed by atoms with Crippen LogP contribution in [0.4, 0.5) is 5.82 Å². The summed E-state index contributed by atoms with van der Waals surface area (Å²) in [5, 5.41) is 2.22. The van der Waals surface area contributed by atoms with E-state index in [4.69, 9.17) is 9.72 Å². The van der Waals surface area contributed by atoms with Crippen molar-refractivity contribution in [1.29, 1.82) is 0 Å². The molecule has 4 heterocycles. The molecule has 128 valence electrons. The molecular weight excluding hydrogens is 318 g/mol. The Kier molecular flexibility index (Phi) is 4.31. The molecule has 0 bridgehead atoms. The number of piperidine rings is 1. The van der Waals surface area contributed by atoms with Crippen LogP contribution >= 0.6 is 11.3 Å². The molecule has 0 amide bonds. The van der Waals surface area contributed by atoms with E-state index in [0.29, 0.717) is 0 Å². The summed E-state index contributed by atoms with van der Waals surface area (Å²) >= 11 is 1.89. The van der Waals surface area contributed by atoms with Gasteiger partial charge in [0, 0.05) is 36.1 Å². The number of fused-ring (bicyclic) bond motifs is 2. The second-order valence-electron chi connectivity index (χ2n) is 6.85. The van der Waals surface area contributed by atoms with Gasteiger partial charge >= 0.3 is 0 Å². The first kappa shape index (κ1) is 16.0. The maximum Gasteiger partial charge on any atom is 0.135 e. The third-order valence-electron chi connectivity index (χ3n) is 5.30. The molecule has 4 rings (SSSR count). The van der Waals surface area contributed by atoms with Gasteiger partial charge in [-0.25, -0.2) is 9.97 Å². The number of thiophene rings is 1. The van der Waals surface area contributed by atoms with Crippen molar-refractivity contribution in [2.75, 3.05) is 24.6 Å². The third kappa shape index (κ3) is 2.74. The predicted octanol–water partition coefficient (Wildman–Crippen LogP) is 3.87. The van der Waals surface area contributed by atoms with Crippen LogP contribution in [0.3, 0.4) is 0 Å². The van der Waals surface area contributed by atoms with Crippen LogP contribution in [0.25, 0.3) is 0 Å². The molecule has 24 heavy (non-hydrogen) atoms. The Morgan fingerprint density at radius 3 is 2.96 bits per heavy atom. The summed E-state index contributed by atoms with van der Waals surface area (Å²) in [6, 6.07) is 2.28. The zero-order valence-electron chi connectivity index (χ0n) is 14.5. The molecule has 0 N–H and O–H groups in total. The Morgan fingerprint density at radius 2 is 2.17 bits per heavy atom. The van der Waals surface area contributed by atoms with E-state index >= 15 is 0 Å². The Bertz CT molecular complexity index is 719. The van der Waals surface area contributed by atoms with Crippen molar-refractivity contribution in [2.24, 2.45) is 0 Å². The highest BCUT2D eigenvalue weighted by molar-refractivity contribution is 7.10. The molecule has 0 atom stereocenters. The summed E-state index contributed by atoms with van der Waals surface area (Å²) in [7, 11) is 0. The third-order valence-corrected chi connectivity index (χ3v) is 6.28. The minimum absolute atomic E-state index is 0.0585. The van der Waals surface area contributed by atoms with Crippen molar-refractivity contribution in [3.8, 4) is 0 Å². The Balaban J connectivity index is 1.57. The fourth-order valence-corrected chi connectivity index (χ4v) is 5.00. The molecular formula is C19H25N3OS. The minimum Gasteiger partial charge on any atom is -0.370 e. The SMILES string of the molecule is CCCc1cnc(C)nc1N1CCC2(CC1)OCCc1sccc12. The molecule has 2 aromatic heterocycles. The Labute approximate surface area is 147 Å². The lowest BCUT2D eigenvalue weighted by Gasteiger charge is -2.44. The van der Waals surface area contributed by atoms with Crippen LogP contribution in [0.2, 0.25) is 0 Å². The number of rotatable bonds is 3. The summed E-state index contributed by atoms with van der Waals surface area (Å²) in [6.45, 7) is 7.06. The van der Waals surface area contributed by atoms with Crippen molar-refractivity contribution in [3.05, 3.63) is 39.5 Å². The van der Waals surface area contributed by atoms with E-state index in [1.165, 1.54) is 16.0 Å². The summed E-state index contributed by atoms with van der Waals surface area (Å²) in [5.41, 5.74) is 2.67. The molecule has 1 fully saturated rings. The van der Waals surface area contributed by atoms with Gasteiger partial charge < -0.3 is 9.64 Å². The minimum atomic E-state index is -0.0585. The number of aromatic nitrogens is 2. The van der Waals surface area contributed by atoms with Crippen molar-refractivity contribution < 1.29 is 4.74 Å². The van der Waals surface area contributed by atoms with Crippen molar-refractivity contribution in [1.82, 2.24) is 9.97 Å². The maximum absolute atomic E-state index is 6.32. The molecule has 0 aromatic carbocycles. The first-order chi connectivity index (χ1) is 11.7. The van der Waals surface area contributed by atoms with E-state index in [1.807, 2.05) is 24.5 Å². The number of aryl methyl sites for hydroxylation is 2. The van der Waals surface area contributed by atoms with Gasteiger partial charge in [-0.15, -0.1) is 11.3 Å². The van der Waals surface area contributed by atoms with Gasteiger partial charge in [0.15, 0.2) is 0 Å². The fourth-order valence-electron chi connectivity index (χ4n) is 4.05. The number of nitrogens with zero attached hydrogens (tertiary/aromatic N) is 3. The highest BCUT2D eigenvalue weighted by atomic mass is 32.1. The molecule has 2 aliphatic heterocycles. The quantitative estimate of drug-likeness (QED) is 0.848. The molecule has 1 spiro atoms. The number of hydrogen-bond donors (Lipinski definition) is 0. The first-order valence-corrected chi connectivity index (χ1v) is 9.88. The standard InChI is InChI=1S/C19H25N3OS/c1-3-4-15-13-20-14(2)21-18(15)22-9-7-19(8-10-22)16-6-12-24-17(16)5-11-23-19/h6,12-13H,3-5,7-11H2,1-2H3. The van der Waals surface area contributed by atoms with Crippen LogP contribution in [-0.2, 0) is 23.2 Å². The van der Waals surface area contributed by atoms with E-state index in [1.54, 1.807) is 0 Å². The van der Waals surface area contributed by atoms with Crippen LogP contribution in [0.5, 0.6) is 0 Å². The zero-order chi connectivity index (χ0) is 16.6. The molecule has 5 heteroatoms. The van der Waals surface area contributed by atoms with Crippen LogP contribution < -0.4 is 4.90 Å². The van der Waals surface area contributed by atoms with E-state index in [-0.39, 0.29) is 5.60 Å². The zero-order valence-corrected chi connectivity index (χ0v) is 15.4. The largest absolute Gasteiger partial charge is 0.370 e. The highest BCUT2D eigenvalue weighted by Crippen LogP contribution is 2.44. The van der Waals surface area contributed by atoms with Crippen molar-refractivity contribution >= 4 is 17.2 Å². The molecule has 0 saturated carbocycles. The average Bonchev–Trinajstić information content (AvgIpc) is 3.08. The molecule has 2 aliphatic rings. The Hall–Kier alpha value is -1.46. The monoisotopic (exact) mass is 343 g/mol. The van der Waals surface area contributed by atoms with Crippen LogP contribution in [-0.4, -0.2) is 29.7 Å². The lowest BCUT2D eigenvalue weighted by atomic mass is 9.82. The van der Waals surface area contributed by atoms with Gasteiger partial charge in [0.2, 0.25) is 0 Å². The van der Waals surface area contributed by atoms with Gasteiger partial charge in [-0.05, 0) is 43.2 Å². The van der Waals surface area contributed by atoms with Crippen LogP contribution in [0, 0.1) is 6.92 Å². The van der Waals surface area contributed by atoms with Crippen molar-refractivity contribution in [3.63, 3.8) is 0 Å². The average molecular weight is 343 g/mol. The van der Waals surface area contributed by atoms with Gasteiger partial charge in [-0.2, -0.15) is 0 Å². The molecule has 4 nitrogen and oxygen atoms in total. The molecule has 0 aliphatic carbocycles. The van der Waals surface area contributed by atoms with Gasteiger partial charge in [0.05, 0.1) is 12.2 Å². The van der Waals surface area contributed by atoms with E-state index in [9.17, 15) is 0 Å². The molecule has 2 aromatic rings. The van der Waals surface area contributed by atoms with Gasteiger partial charge in [0.1, 0.15) is 11.6 Å². The van der Waals surface area contributed by atoms with Gasteiger partial charge in [0.25, 0.3) is 0 Å². The second kappa shape index (κ2) is 6.45. The lowest BCUT2D eigenvalue weighted by Crippen LogP contribution is -2.46. The summed E-state index contributed by atoms with van der Waals surface area (Å²) < 4.78 is 6.32. The normalized spacial score (nSPS) is 19.5. The van der Waals surface area contributed by atoms with Crippen LogP contribution in [0.15, 0.2) is 17.6 Å². The van der Waals surface area contributed by atoms with Gasteiger partial charge in [-0.3, -0.25) is 0 Å². The summed E-state index contributed by atoms with van der Waals surface area (Å²) in [6.07, 6.45) is 7.35. The first-order valence-electron chi connectivity index (χ1n) is 9.00. The van der Waals surface area contributed by atoms with Gasteiger partial charge in [-0.1, -0.05) is 13.3 Å². The second-order valence-corrected chi connectivity index (χ2v) is 7.85. The lowest BCUT2D eigenvalue weighted by molar-refractivity contribution is -0.0757. The molecule has 1 saturated heterocycles. The van der Waals surface area contributed by atoms with E-state index < -0.39 is 0 Å². The van der Waals surface area contributed by atoms with Crippen LogP contribution in [0.1, 0.15) is 48.0 Å². The predicted molar refractivity (Wildman–Crippen MR) is 97.9 cm³/mol. The maximum atomic E-state index is 6.32. The Morgan fingerprint density at radius 1 is 1.33 bits per heavy atom. The smallest absolute Gasteiger partial charge is 0.135 e. The van der Waals surface area contributed by atoms with Crippen molar-refractivity contribution in [2.45, 2.75) is 51.6 Å². The van der Waals surface area contributed by atoms with E-state index in [2.05, 4.69) is 28.3 Å². The summed E-state index contributed by atoms with van der Waals surface area (Å²) in [4.78, 5) is 13.1. The fraction of sp³-hybridized carbons (Fsp3) is 0.579. The number of ether oxygens (including phenoxy) is 1. The molecule has 0 radical (unpaired) electrons. The highest BCUT2D eigenvalue weighted by Gasteiger charge is 2.41. The topological polar surface area (TPSA) is 38.2 Å². The number of hydrogen-bond acceptors (Lipinski definition) is 5. The number of anilines is 1.